The Morgan fingerprint density at radius 1 is 1.03 bits per heavy atom. The quantitative estimate of drug-likeness (QED) is 0.441. The number of non-ortho nitro benzene ring substituents is 1. The molecule has 1 unspecified atom stereocenters. The fraction of sp³-hybridized carbons (Fsp3) is 0.0476. The topological polar surface area (TPSA) is 105 Å². The number of nitro benzene ring substituents is 1. The Balaban J connectivity index is 1.70. The summed E-state index contributed by atoms with van der Waals surface area (Å²) in [6.45, 7) is 0. The molecule has 2 amide bonds. The summed E-state index contributed by atoms with van der Waals surface area (Å²) >= 11 is 3.32. The van der Waals surface area contributed by atoms with Crippen LogP contribution in [0.3, 0.4) is 0 Å². The zero-order chi connectivity index (χ0) is 21.3. The highest BCUT2D eigenvalue weighted by molar-refractivity contribution is 9.10. The molecule has 1 heterocycles. The van der Waals surface area contributed by atoms with E-state index in [9.17, 15) is 19.7 Å². The van der Waals surface area contributed by atoms with Gasteiger partial charge in [-0.15, -0.1) is 0 Å². The van der Waals surface area contributed by atoms with Crippen LogP contribution in [-0.4, -0.2) is 21.7 Å². The van der Waals surface area contributed by atoms with Gasteiger partial charge in [-0.1, -0.05) is 28.1 Å². The van der Waals surface area contributed by atoms with E-state index in [0.717, 1.165) is 4.47 Å². The molecule has 8 nitrogen and oxygen atoms in total. The predicted molar refractivity (Wildman–Crippen MR) is 114 cm³/mol. The number of fused-ring (bicyclic) bond motifs is 1. The third kappa shape index (κ3) is 3.74. The highest BCUT2D eigenvalue weighted by Gasteiger charge is 2.34. The first kappa shape index (κ1) is 19.6. The van der Waals surface area contributed by atoms with Gasteiger partial charge in [-0.05, 0) is 54.1 Å². The molecular formula is C21H15BrN4O4. The van der Waals surface area contributed by atoms with Gasteiger partial charge in [0.05, 0.1) is 10.5 Å². The number of carbonyl (C=O) groups excluding carboxylic acids is 2. The maximum absolute atomic E-state index is 13.2. The van der Waals surface area contributed by atoms with Gasteiger partial charge >= 0.3 is 0 Å². The van der Waals surface area contributed by atoms with Gasteiger partial charge in [0, 0.05) is 27.9 Å². The molecule has 1 atom stereocenters. The van der Waals surface area contributed by atoms with Crippen LogP contribution in [0.1, 0.15) is 32.4 Å². The SMILES string of the molecule is O=C(NN1C(=O)c2ccccc2NC1c1ccc([N+](=O)[O-])cc1)c1ccc(Br)cc1. The number of amides is 2. The molecule has 150 valence electrons. The van der Waals surface area contributed by atoms with Crippen molar-refractivity contribution >= 4 is 39.1 Å². The highest BCUT2D eigenvalue weighted by Crippen LogP contribution is 2.32. The molecule has 4 rings (SSSR count). The minimum atomic E-state index is -0.743. The number of benzene rings is 3. The molecular weight excluding hydrogens is 452 g/mol. The van der Waals surface area contributed by atoms with Crippen LogP contribution in [0.25, 0.3) is 0 Å². The first-order valence-corrected chi connectivity index (χ1v) is 9.73. The number of hydrazine groups is 1. The Labute approximate surface area is 179 Å². The van der Waals surface area contributed by atoms with E-state index in [1.807, 2.05) is 0 Å². The number of hydrogen-bond acceptors (Lipinski definition) is 5. The maximum Gasteiger partial charge on any atom is 0.276 e. The van der Waals surface area contributed by atoms with Crippen LogP contribution in [0.15, 0.2) is 77.3 Å². The Bertz CT molecular complexity index is 1130. The first-order valence-electron chi connectivity index (χ1n) is 8.94. The Morgan fingerprint density at radius 3 is 2.37 bits per heavy atom. The minimum Gasteiger partial charge on any atom is -0.359 e. The van der Waals surface area contributed by atoms with Crippen LogP contribution in [0.4, 0.5) is 11.4 Å². The summed E-state index contributed by atoms with van der Waals surface area (Å²) in [7, 11) is 0. The number of para-hydroxylation sites is 1. The number of hydrogen-bond donors (Lipinski definition) is 2. The molecule has 0 fully saturated rings. The zero-order valence-electron chi connectivity index (χ0n) is 15.4. The van der Waals surface area contributed by atoms with Crippen LogP contribution in [0, 0.1) is 10.1 Å². The Hall–Kier alpha value is -3.72. The van der Waals surface area contributed by atoms with Gasteiger partial charge in [-0.25, -0.2) is 5.01 Å². The van der Waals surface area contributed by atoms with Gasteiger partial charge in [0.1, 0.15) is 6.17 Å². The second-order valence-corrected chi connectivity index (χ2v) is 7.48. The van der Waals surface area contributed by atoms with Gasteiger partial charge in [0.15, 0.2) is 0 Å². The van der Waals surface area contributed by atoms with Crippen molar-refractivity contribution in [3.8, 4) is 0 Å². The van der Waals surface area contributed by atoms with Crippen molar-refractivity contribution in [3.05, 3.63) is 104 Å². The molecule has 1 aliphatic heterocycles. The van der Waals surface area contributed by atoms with Crippen LogP contribution in [0.2, 0.25) is 0 Å². The molecule has 0 saturated heterocycles. The summed E-state index contributed by atoms with van der Waals surface area (Å²) in [6.07, 6.45) is -0.743. The molecule has 30 heavy (non-hydrogen) atoms. The summed E-state index contributed by atoms with van der Waals surface area (Å²) in [5, 5.41) is 15.4. The van der Waals surface area contributed by atoms with E-state index in [1.165, 1.54) is 17.1 Å². The summed E-state index contributed by atoms with van der Waals surface area (Å²) in [5.41, 5.74) is 4.59. The van der Waals surface area contributed by atoms with E-state index in [1.54, 1.807) is 60.7 Å². The zero-order valence-corrected chi connectivity index (χ0v) is 17.0. The molecule has 3 aromatic carbocycles. The molecule has 0 aliphatic carbocycles. The summed E-state index contributed by atoms with van der Waals surface area (Å²) in [6, 6.07) is 19.5. The number of anilines is 1. The molecule has 0 spiro atoms. The van der Waals surface area contributed by atoms with Crippen LogP contribution < -0.4 is 10.7 Å². The van der Waals surface area contributed by atoms with Crippen LogP contribution in [-0.2, 0) is 0 Å². The molecule has 1 aliphatic rings. The van der Waals surface area contributed by atoms with E-state index in [2.05, 4.69) is 26.7 Å². The van der Waals surface area contributed by atoms with Gasteiger partial charge in [0.25, 0.3) is 17.5 Å². The number of carbonyl (C=O) groups is 2. The largest absolute Gasteiger partial charge is 0.359 e. The van der Waals surface area contributed by atoms with Crippen molar-refractivity contribution in [2.24, 2.45) is 0 Å². The third-order valence-corrected chi connectivity index (χ3v) is 5.20. The molecule has 0 bridgehead atoms. The smallest absolute Gasteiger partial charge is 0.276 e. The molecule has 9 heteroatoms. The van der Waals surface area contributed by atoms with E-state index in [0.29, 0.717) is 22.4 Å². The van der Waals surface area contributed by atoms with Gasteiger partial charge in [-0.3, -0.25) is 25.1 Å². The van der Waals surface area contributed by atoms with E-state index < -0.39 is 22.9 Å². The number of halogens is 1. The summed E-state index contributed by atoms with van der Waals surface area (Å²) in [4.78, 5) is 36.4. The average Bonchev–Trinajstić information content (AvgIpc) is 2.76. The van der Waals surface area contributed by atoms with Gasteiger partial charge in [-0.2, -0.15) is 0 Å². The standard InChI is InChI=1S/C21H15BrN4O4/c22-15-9-5-14(6-10-15)20(27)24-25-19(13-7-11-16(12-8-13)26(29)30)23-18-4-2-1-3-17(18)21(25)28/h1-12,19,23H,(H,24,27). The van der Waals surface area contributed by atoms with Crippen LogP contribution >= 0.6 is 15.9 Å². The maximum atomic E-state index is 13.2. The second-order valence-electron chi connectivity index (χ2n) is 6.56. The van der Waals surface area contributed by atoms with Crippen LogP contribution in [0.5, 0.6) is 0 Å². The van der Waals surface area contributed by atoms with Crippen molar-refractivity contribution in [1.29, 1.82) is 0 Å². The van der Waals surface area contributed by atoms with Crippen molar-refractivity contribution < 1.29 is 14.5 Å². The molecule has 3 aromatic rings. The first-order chi connectivity index (χ1) is 14.4. The lowest BCUT2D eigenvalue weighted by molar-refractivity contribution is -0.384. The number of rotatable bonds is 4. The lowest BCUT2D eigenvalue weighted by Gasteiger charge is -2.37. The number of nitro groups is 1. The minimum absolute atomic E-state index is 0.0632. The average molecular weight is 467 g/mol. The van der Waals surface area contributed by atoms with E-state index >= 15 is 0 Å². The fourth-order valence-electron chi connectivity index (χ4n) is 3.16. The van der Waals surface area contributed by atoms with Crippen molar-refractivity contribution in [3.63, 3.8) is 0 Å². The van der Waals surface area contributed by atoms with Gasteiger partial charge < -0.3 is 5.32 Å². The van der Waals surface area contributed by atoms with E-state index in [4.69, 9.17) is 0 Å². The summed E-state index contributed by atoms with van der Waals surface area (Å²) in [5.74, 6) is -0.845. The lowest BCUT2D eigenvalue weighted by atomic mass is 10.0. The number of nitrogens with zero attached hydrogens (tertiary/aromatic N) is 2. The summed E-state index contributed by atoms with van der Waals surface area (Å²) < 4.78 is 0.826. The highest BCUT2D eigenvalue weighted by atomic mass is 79.9. The van der Waals surface area contributed by atoms with Crippen molar-refractivity contribution in [2.45, 2.75) is 6.17 Å². The normalized spacial score (nSPS) is 15.2. The molecule has 0 aromatic heterocycles. The second kappa shape index (κ2) is 7.96. The Morgan fingerprint density at radius 2 is 1.70 bits per heavy atom. The van der Waals surface area contributed by atoms with E-state index in [-0.39, 0.29) is 5.69 Å². The fourth-order valence-corrected chi connectivity index (χ4v) is 3.42. The Kier molecular flexibility index (Phi) is 5.20. The van der Waals surface area contributed by atoms with Gasteiger partial charge in [0.2, 0.25) is 0 Å². The lowest BCUT2D eigenvalue weighted by Crippen LogP contribution is -2.52. The molecule has 2 N–H and O–H groups in total. The number of nitrogens with one attached hydrogen (secondary N) is 2. The van der Waals surface area contributed by atoms with Crippen molar-refractivity contribution in [2.75, 3.05) is 5.32 Å². The molecule has 0 saturated carbocycles. The predicted octanol–water partition coefficient (Wildman–Crippen LogP) is 4.27. The third-order valence-electron chi connectivity index (χ3n) is 4.67. The van der Waals surface area contributed by atoms with Crippen molar-refractivity contribution in [1.82, 2.24) is 10.4 Å². The molecule has 0 radical (unpaired) electrons. The monoisotopic (exact) mass is 466 g/mol.